The minimum atomic E-state index is 0.127. The van der Waals surface area contributed by atoms with E-state index in [0.717, 1.165) is 30.3 Å². The molecule has 130 valence electrons. The summed E-state index contributed by atoms with van der Waals surface area (Å²) in [6, 6.07) is 0.588. The van der Waals surface area contributed by atoms with Gasteiger partial charge in [0.05, 0.1) is 17.2 Å². The van der Waals surface area contributed by atoms with E-state index >= 15 is 0 Å². The Hall–Kier alpha value is -0.980. The predicted molar refractivity (Wildman–Crippen MR) is 95.9 cm³/mol. The number of hydrogen-bond acceptors (Lipinski definition) is 5. The Bertz CT molecular complexity index is 529. The molecule has 0 radical (unpaired) electrons. The van der Waals surface area contributed by atoms with Crippen LogP contribution in [-0.2, 0) is 11.3 Å². The van der Waals surface area contributed by atoms with Crippen molar-refractivity contribution >= 4 is 17.2 Å². The van der Waals surface area contributed by atoms with Gasteiger partial charge in [0.2, 0.25) is 5.91 Å². The first-order valence-electron chi connectivity index (χ1n) is 8.48. The van der Waals surface area contributed by atoms with Crippen LogP contribution < -0.4 is 5.32 Å². The zero-order valence-corrected chi connectivity index (χ0v) is 15.9. The van der Waals surface area contributed by atoms with Crippen LogP contribution in [0.3, 0.4) is 0 Å². The van der Waals surface area contributed by atoms with E-state index in [1.807, 2.05) is 6.92 Å². The van der Waals surface area contributed by atoms with Gasteiger partial charge in [-0.25, -0.2) is 4.98 Å². The van der Waals surface area contributed by atoms with Gasteiger partial charge >= 0.3 is 0 Å². The molecule has 0 unspecified atom stereocenters. The molecule has 0 saturated carbocycles. The van der Waals surface area contributed by atoms with Crippen LogP contribution in [0.4, 0.5) is 0 Å². The number of likely N-dealkylation sites (N-methyl/N-ethyl adjacent to an activating group) is 2. The fraction of sp³-hybridized carbons (Fsp3) is 0.765. The number of nitrogens with one attached hydrogen (secondary N) is 1. The van der Waals surface area contributed by atoms with Crippen LogP contribution in [0, 0.1) is 6.92 Å². The fourth-order valence-electron chi connectivity index (χ4n) is 2.86. The van der Waals surface area contributed by atoms with Gasteiger partial charge in [0.1, 0.15) is 0 Å². The molecule has 1 fully saturated rings. The van der Waals surface area contributed by atoms with Gasteiger partial charge < -0.3 is 15.1 Å². The molecule has 2 heterocycles. The van der Waals surface area contributed by atoms with Gasteiger partial charge in [-0.1, -0.05) is 13.8 Å². The van der Waals surface area contributed by atoms with Crippen molar-refractivity contribution in [3.8, 4) is 0 Å². The Labute approximate surface area is 144 Å². The molecule has 0 aliphatic carbocycles. The second-order valence-electron chi connectivity index (χ2n) is 6.93. The van der Waals surface area contributed by atoms with Gasteiger partial charge in [-0.15, -0.1) is 11.3 Å². The molecule has 1 saturated heterocycles. The van der Waals surface area contributed by atoms with Crippen LogP contribution in [0.25, 0.3) is 0 Å². The molecule has 1 aliphatic rings. The highest BCUT2D eigenvalue weighted by molar-refractivity contribution is 7.11. The smallest absolute Gasteiger partial charge is 0.221 e. The van der Waals surface area contributed by atoms with Crippen molar-refractivity contribution in [2.75, 3.05) is 33.7 Å². The Morgan fingerprint density at radius 2 is 2.26 bits per heavy atom. The molecule has 23 heavy (non-hydrogen) atoms. The van der Waals surface area contributed by atoms with Crippen molar-refractivity contribution in [3.05, 3.63) is 15.6 Å². The van der Waals surface area contributed by atoms with Crippen molar-refractivity contribution in [2.45, 2.75) is 52.1 Å². The Balaban J connectivity index is 1.73. The number of likely N-dealkylation sites (tertiary alicyclic amines) is 1. The third-order valence-corrected chi connectivity index (χ3v) is 5.99. The van der Waals surface area contributed by atoms with Gasteiger partial charge in [-0.2, -0.15) is 0 Å². The summed E-state index contributed by atoms with van der Waals surface area (Å²) in [5.74, 6) is 0.573. The summed E-state index contributed by atoms with van der Waals surface area (Å²) in [7, 11) is 4.28. The second-order valence-corrected chi connectivity index (χ2v) is 8.04. The summed E-state index contributed by atoms with van der Waals surface area (Å²) in [6.07, 6.45) is 1.76. The zero-order chi connectivity index (χ0) is 17.0. The average molecular weight is 339 g/mol. The molecule has 1 atom stereocenters. The van der Waals surface area contributed by atoms with E-state index < -0.39 is 0 Å². The SMILES string of the molecule is Cc1nc(C(C)C)sc1CNC(=O)CCN(C)[C@H]1CCN(C)C1. The van der Waals surface area contributed by atoms with Gasteiger partial charge in [0, 0.05) is 36.3 Å². The lowest BCUT2D eigenvalue weighted by molar-refractivity contribution is -0.121. The number of amides is 1. The molecule has 5 nitrogen and oxygen atoms in total. The maximum absolute atomic E-state index is 12.1. The second kappa shape index (κ2) is 8.22. The number of hydrogen-bond donors (Lipinski definition) is 1. The summed E-state index contributed by atoms with van der Waals surface area (Å²) < 4.78 is 0. The molecule has 0 bridgehead atoms. The third-order valence-electron chi connectivity index (χ3n) is 4.53. The lowest BCUT2D eigenvalue weighted by atomic mass is 10.2. The third kappa shape index (κ3) is 5.26. The van der Waals surface area contributed by atoms with E-state index in [-0.39, 0.29) is 5.91 Å². The molecule has 1 aliphatic heterocycles. The van der Waals surface area contributed by atoms with E-state index in [9.17, 15) is 4.79 Å². The number of carbonyl (C=O) groups excluding carboxylic acids is 1. The zero-order valence-electron chi connectivity index (χ0n) is 15.1. The van der Waals surface area contributed by atoms with Gasteiger partial charge in [-0.05, 0) is 34.0 Å². The highest BCUT2D eigenvalue weighted by Crippen LogP contribution is 2.24. The molecular weight excluding hydrogens is 308 g/mol. The average Bonchev–Trinajstić information content (AvgIpc) is 3.09. The molecule has 1 aromatic rings. The summed E-state index contributed by atoms with van der Waals surface area (Å²) in [6.45, 7) is 10.0. The number of thiazole rings is 1. The van der Waals surface area contributed by atoms with Crippen LogP contribution in [0.1, 0.15) is 48.2 Å². The first-order chi connectivity index (χ1) is 10.9. The summed E-state index contributed by atoms with van der Waals surface area (Å²) in [5, 5.41) is 4.19. The first kappa shape index (κ1) is 18.4. The molecule has 2 rings (SSSR count). The molecule has 1 N–H and O–H groups in total. The maximum Gasteiger partial charge on any atom is 0.221 e. The van der Waals surface area contributed by atoms with Crippen LogP contribution in [0.2, 0.25) is 0 Å². The van der Waals surface area contributed by atoms with Crippen molar-refractivity contribution in [1.82, 2.24) is 20.1 Å². The summed E-state index contributed by atoms with van der Waals surface area (Å²) in [4.78, 5) is 22.5. The van der Waals surface area contributed by atoms with E-state index in [4.69, 9.17) is 0 Å². The normalized spacial score (nSPS) is 19.0. The van der Waals surface area contributed by atoms with Crippen molar-refractivity contribution in [1.29, 1.82) is 0 Å². The van der Waals surface area contributed by atoms with Crippen molar-refractivity contribution in [3.63, 3.8) is 0 Å². The van der Waals surface area contributed by atoms with E-state index in [1.165, 1.54) is 11.3 Å². The van der Waals surface area contributed by atoms with Gasteiger partial charge in [0.25, 0.3) is 0 Å². The Kier molecular flexibility index (Phi) is 6.56. The minimum absolute atomic E-state index is 0.127. The van der Waals surface area contributed by atoms with Crippen LogP contribution in [-0.4, -0.2) is 60.5 Å². The lowest BCUT2D eigenvalue weighted by Gasteiger charge is -2.23. The van der Waals surface area contributed by atoms with E-state index in [1.54, 1.807) is 11.3 Å². The van der Waals surface area contributed by atoms with Crippen LogP contribution in [0.5, 0.6) is 0 Å². The van der Waals surface area contributed by atoms with Crippen LogP contribution >= 0.6 is 11.3 Å². The number of aromatic nitrogens is 1. The lowest BCUT2D eigenvalue weighted by Crippen LogP contribution is -2.36. The Morgan fingerprint density at radius 1 is 1.52 bits per heavy atom. The number of nitrogens with zero attached hydrogens (tertiary/aromatic N) is 3. The quantitative estimate of drug-likeness (QED) is 0.828. The number of rotatable bonds is 7. The monoisotopic (exact) mass is 338 g/mol. The minimum Gasteiger partial charge on any atom is -0.351 e. The van der Waals surface area contributed by atoms with Gasteiger partial charge in [0.15, 0.2) is 0 Å². The molecule has 1 aromatic heterocycles. The highest BCUT2D eigenvalue weighted by atomic mass is 32.1. The van der Waals surface area contributed by atoms with Crippen molar-refractivity contribution < 1.29 is 4.79 Å². The summed E-state index contributed by atoms with van der Waals surface area (Å²) >= 11 is 1.71. The molecule has 1 amide bonds. The molecule has 0 aromatic carbocycles. The van der Waals surface area contributed by atoms with E-state index in [2.05, 4.69) is 48.0 Å². The maximum atomic E-state index is 12.1. The fourth-order valence-corrected chi connectivity index (χ4v) is 3.87. The number of aryl methyl sites for hydroxylation is 1. The highest BCUT2D eigenvalue weighted by Gasteiger charge is 2.23. The molecule has 6 heteroatoms. The first-order valence-corrected chi connectivity index (χ1v) is 9.30. The molecule has 0 spiro atoms. The standard InChI is InChI=1S/C17H30N4OS/c1-12(2)17-19-13(3)15(23-17)10-18-16(22)7-9-21(5)14-6-8-20(4)11-14/h12,14H,6-11H2,1-5H3,(H,18,22)/t14-/m0/s1. The van der Waals surface area contributed by atoms with Crippen molar-refractivity contribution in [2.24, 2.45) is 0 Å². The van der Waals surface area contributed by atoms with Gasteiger partial charge in [-0.3, -0.25) is 4.79 Å². The predicted octanol–water partition coefficient (Wildman–Crippen LogP) is 2.22. The van der Waals surface area contributed by atoms with E-state index in [0.29, 0.717) is 24.9 Å². The summed E-state index contributed by atoms with van der Waals surface area (Å²) in [5.41, 5.74) is 1.05. The number of carbonyl (C=O) groups is 1. The van der Waals surface area contributed by atoms with Crippen LogP contribution in [0.15, 0.2) is 0 Å². The Morgan fingerprint density at radius 3 is 2.83 bits per heavy atom. The topological polar surface area (TPSA) is 48.5 Å². The molecular formula is C17H30N4OS. The largest absolute Gasteiger partial charge is 0.351 e.